The van der Waals surface area contributed by atoms with Crippen LogP contribution in [0.2, 0.25) is 0 Å². The summed E-state index contributed by atoms with van der Waals surface area (Å²) in [5, 5.41) is 11.1. The monoisotopic (exact) mass is 274 g/mol. The Labute approximate surface area is 119 Å². The fourth-order valence-corrected chi connectivity index (χ4v) is 3.20. The molecule has 2 N–H and O–H groups in total. The van der Waals surface area contributed by atoms with Gasteiger partial charge in [-0.05, 0) is 42.4 Å². The van der Waals surface area contributed by atoms with Crippen LogP contribution in [0.1, 0.15) is 36.0 Å². The zero-order valence-electron chi connectivity index (χ0n) is 11.8. The topological polar surface area (TPSA) is 52.6 Å². The van der Waals surface area contributed by atoms with E-state index in [1.54, 1.807) is 0 Å². The van der Waals surface area contributed by atoms with Gasteiger partial charge < -0.3 is 10.4 Å². The molecule has 0 radical (unpaired) electrons. The van der Waals surface area contributed by atoms with Gasteiger partial charge in [0.1, 0.15) is 0 Å². The molecule has 108 valence electrons. The molecule has 1 saturated carbocycles. The third kappa shape index (κ3) is 2.96. The minimum Gasteiger partial charge on any atom is -0.465 e. The smallest absolute Gasteiger partial charge is 0.404 e. The fourth-order valence-electron chi connectivity index (χ4n) is 3.20. The normalized spacial score (nSPS) is 19.8. The van der Waals surface area contributed by atoms with Crippen LogP contribution in [0.15, 0.2) is 18.2 Å². The van der Waals surface area contributed by atoms with Crippen molar-refractivity contribution in [3.05, 3.63) is 34.9 Å². The van der Waals surface area contributed by atoms with Crippen molar-refractivity contribution in [2.75, 3.05) is 13.1 Å². The van der Waals surface area contributed by atoms with Crippen LogP contribution >= 0.6 is 0 Å². The summed E-state index contributed by atoms with van der Waals surface area (Å²) in [5.74, 6) is 0. The van der Waals surface area contributed by atoms with Gasteiger partial charge in [0.05, 0.1) is 0 Å². The number of fused-ring (bicyclic) bond motifs is 1. The van der Waals surface area contributed by atoms with Crippen LogP contribution in [0.5, 0.6) is 0 Å². The Morgan fingerprint density at radius 1 is 1.25 bits per heavy atom. The molecule has 1 aliphatic heterocycles. The lowest BCUT2D eigenvalue weighted by Gasteiger charge is -2.36. The van der Waals surface area contributed by atoms with Crippen LogP contribution in [0.3, 0.4) is 0 Å². The van der Waals surface area contributed by atoms with E-state index < -0.39 is 6.09 Å². The van der Waals surface area contributed by atoms with Crippen LogP contribution in [0.4, 0.5) is 4.79 Å². The van der Waals surface area contributed by atoms with E-state index in [-0.39, 0.29) is 0 Å². The number of nitrogens with zero attached hydrogens (tertiary/aromatic N) is 1. The van der Waals surface area contributed by atoms with Gasteiger partial charge in [-0.15, -0.1) is 0 Å². The predicted molar refractivity (Wildman–Crippen MR) is 77.9 cm³/mol. The average molecular weight is 274 g/mol. The molecule has 1 amide bonds. The van der Waals surface area contributed by atoms with E-state index in [0.29, 0.717) is 6.54 Å². The summed E-state index contributed by atoms with van der Waals surface area (Å²) in [7, 11) is 0. The standard InChI is InChI=1S/C16H22N2O2/c19-16(20)17-11-12-4-5-13-6-8-18(15-2-1-3-15)9-7-14(13)10-12/h4-5,10,15,17H,1-3,6-9,11H2,(H,19,20). The maximum absolute atomic E-state index is 10.6. The van der Waals surface area contributed by atoms with Crippen molar-refractivity contribution in [1.29, 1.82) is 0 Å². The Balaban J connectivity index is 1.66. The van der Waals surface area contributed by atoms with Gasteiger partial charge in [0.15, 0.2) is 0 Å². The molecule has 1 fully saturated rings. The molecular formula is C16H22N2O2. The quantitative estimate of drug-likeness (QED) is 0.890. The van der Waals surface area contributed by atoms with Gasteiger partial charge in [0.25, 0.3) is 0 Å². The molecule has 0 aromatic heterocycles. The van der Waals surface area contributed by atoms with Crippen LogP contribution in [0.25, 0.3) is 0 Å². The molecule has 2 aliphatic rings. The number of nitrogens with one attached hydrogen (secondary N) is 1. The van der Waals surface area contributed by atoms with Crippen molar-refractivity contribution in [2.45, 2.75) is 44.7 Å². The molecule has 20 heavy (non-hydrogen) atoms. The van der Waals surface area contributed by atoms with Gasteiger partial charge in [-0.1, -0.05) is 24.6 Å². The Bertz CT molecular complexity index is 497. The highest BCUT2D eigenvalue weighted by Crippen LogP contribution is 2.27. The minimum atomic E-state index is -0.962. The van der Waals surface area contributed by atoms with E-state index in [1.807, 2.05) is 6.07 Å². The first-order valence-corrected chi connectivity index (χ1v) is 7.54. The second-order valence-electron chi connectivity index (χ2n) is 5.88. The molecule has 0 bridgehead atoms. The van der Waals surface area contributed by atoms with Gasteiger partial charge in [-0.25, -0.2) is 4.79 Å². The second kappa shape index (κ2) is 5.83. The molecule has 1 aliphatic carbocycles. The SMILES string of the molecule is O=C(O)NCc1ccc2c(c1)CCN(C1CCC1)CC2. The van der Waals surface area contributed by atoms with E-state index in [9.17, 15) is 4.79 Å². The summed E-state index contributed by atoms with van der Waals surface area (Å²) < 4.78 is 0. The number of hydrogen-bond acceptors (Lipinski definition) is 2. The number of carboxylic acid groups (broad SMARTS) is 1. The van der Waals surface area contributed by atoms with E-state index in [2.05, 4.69) is 22.3 Å². The lowest BCUT2D eigenvalue weighted by molar-refractivity contribution is 0.133. The molecule has 0 saturated heterocycles. The third-order valence-corrected chi connectivity index (χ3v) is 4.64. The van der Waals surface area contributed by atoms with Crippen LogP contribution in [0, 0.1) is 0 Å². The van der Waals surface area contributed by atoms with E-state index in [4.69, 9.17) is 5.11 Å². The van der Waals surface area contributed by atoms with Gasteiger partial charge in [0.2, 0.25) is 0 Å². The Hall–Kier alpha value is -1.55. The van der Waals surface area contributed by atoms with Crippen molar-refractivity contribution in [3.8, 4) is 0 Å². The number of rotatable bonds is 3. The molecule has 4 nitrogen and oxygen atoms in total. The molecule has 3 rings (SSSR count). The highest BCUT2D eigenvalue weighted by Gasteiger charge is 2.26. The summed E-state index contributed by atoms with van der Waals surface area (Å²) in [6.45, 7) is 2.72. The Morgan fingerprint density at radius 2 is 2.00 bits per heavy atom. The first kappa shape index (κ1) is 13.4. The Morgan fingerprint density at radius 3 is 2.65 bits per heavy atom. The maximum Gasteiger partial charge on any atom is 0.404 e. The van der Waals surface area contributed by atoms with E-state index in [0.717, 1.165) is 31.0 Å². The highest BCUT2D eigenvalue weighted by molar-refractivity contribution is 5.64. The number of carbonyl (C=O) groups is 1. The van der Waals surface area contributed by atoms with E-state index >= 15 is 0 Å². The molecule has 4 heteroatoms. The van der Waals surface area contributed by atoms with Crippen molar-refractivity contribution in [2.24, 2.45) is 0 Å². The number of hydrogen-bond donors (Lipinski definition) is 2. The molecule has 0 unspecified atom stereocenters. The molecular weight excluding hydrogens is 252 g/mol. The highest BCUT2D eigenvalue weighted by atomic mass is 16.4. The van der Waals surface area contributed by atoms with Crippen molar-refractivity contribution in [1.82, 2.24) is 10.2 Å². The van der Waals surface area contributed by atoms with Crippen LogP contribution < -0.4 is 5.32 Å². The van der Waals surface area contributed by atoms with Crippen LogP contribution in [-0.2, 0) is 19.4 Å². The zero-order valence-corrected chi connectivity index (χ0v) is 11.8. The molecule has 0 atom stereocenters. The number of amides is 1. The van der Waals surface area contributed by atoms with Gasteiger partial charge >= 0.3 is 6.09 Å². The van der Waals surface area contributed by atoms with Crippen molar-refractivity contribution >= 4 is 6.09 Å². The zero-order chi connectivity index (χ0) is 13.9. The fraction of sp³-hybridized carbons (Fsp3) is 0.562. The van der Waals surface area contributed by atoms with Crippen molar-refractivity contribution < 1.29 is 9.90 Å². The first-order valence-electron chi connectivity index (χ1n) is 7.54. The molecule has 1 aromatic rings. The molecule has 1 aromatic carbocycles. The van der Waals surface area contributed by atoms with Crippen LogP contribution in [-0.4, -0.2) is 35.2 Å². The summed E-state index contributed by atoms with van der Waals surface area (Å²) in [4.78, 5) is 13.2. The van der Waals surface area contributed by atoms with Gasteiger partial charge in [0, 0.05) is 25.7 Å². The molecule has 1 heterocycles. The largest absolute Gasteiger partial charge is 0.465 e. The number of benzene rings is 1. The summed E-state index contributed by atoms with van der Waals surface area (Å²) in [6, 6.07) is 7.22. The predicted octanol–water partition coefficient (Wildman–Crippen LogP) is 2.41. The lowest BCUT2D eigenvalue weighted by atomic mass is 9.91. The van der Waals surface area contributed by atoms with Crippen molar-refractivity contribution in [3.63, 3.8) is 0 Å². The maximum atomic E-state index is 10.6. The Kier molecular flexibility index (Phi) is 3.92. The van der Waals surface area contributed by atoms with E-state index in [1.165, 1.54) is 36.9 Å². The second-order valence-corrected chi connectivity index (χ2v) is 5.88. The lowest BCUT2D eigenvalue weighted by Crippen LogP contribution is -2.41. The first-order chi connectivity index (χ1) is 9.72. The summed E-state index contributed by atoms with van der Waals surface area (Å²) >= 11 is 0. The summed E-state index contributed by atoms with van der Waals surface area (Å²) in [6.07, 6.45) is 5.37. The summed E-state index contributed by atoms with van der Waals surface area (Å²) in [5.41, 5.74) is 3.89. The third-order valence-electron chi connectivity index (χ3n) is 4.64. The van der Waals surface area contributed by atoms with Gasteiger partial charge in [-0.2, -0.15) is 0 Å². The average Bonchev–Trinajstić information content (AvgIpc) is 2.57. The molecule has 0 spiro atoms. The minimum absolute atomic E-state index is 0.398. The van der Waals surface area contributed by atoms with Gasteiger partial charge in [-0.3, -0.25) is 4.90 Å².